The Balaban J connectivity index is 2.23. The maximum atomic E-state index is 12.9. The molecule has 0 unspecified atom stereocenters. The van der Waals surface area contributed by atoms with Gasteiger partial charge in [-0.2, -0.15) is 13.2 Å². The predicted molar refractivity (Wildman–Crippen MR) is 86.1 cm³/mol. The van der Waals surface area contributed by atoms with Crippen LogP contribution in [0.1, 0.15) is 49.5 Å². The summed E-state index contributed by atoms with van der Waals surface area (Å²) in [4.78, 5) is 13.6. The van der Waals surface area contributed by atoms with Crippen molar-refractivity contribution in [2.75, 3.05) is 19.8 Å². The minimum absolute atomic E-state index is 0.0755. The highest BCUT2D eigenvalue weighted by Gasteiger charge is 2.37. The smallest absolute Gasteiger partial charge is 0.381 e. The van der Waals surface area contributed by atoms with Crippen LogP contribution in [-0.2, 0) is 10.2 Å². The lowest BCUT2D eigenvalue weighted by molar-refractivity contribution is -0.147. The van der Waals surface area contributed by atoms with Crippen molar-refractivity contribution in [3.8, 4) is 0 Å². The van der Waals surface area contributed by atoms with Gasteiger partial charge in [-0.1, -0.05) is 32.9 Å². The summed E-state index contributed by atoms with van der Waals surface area (Å²) in [5, 5.41) is 0. The molecule has 3 nitrogen and oxygen atoms in total. The van der Waals surface area contributed by atoms with Crippen LogP contribution in [-0.4, -0.2) is 42.8 Å². The van der Waals surface area contributed by atoms with Crippen molar-refractivity contribution in [1.29, 1.82) is 0 Å². The first-order valence-corrected chi connectivity index (χ1v) is 8.14. The van der Waals surface area contributed by atoms with Gasteiger partial charge < -0.3 is 9.64 Å². The van der Waals surface area contributed by atoms with Gasteiger partial charge in [0.1, 0.15) is 6.54 Å². The van der Waals surface area contributed by atoms with Crippen LogP contribution < -0.4 is 0 Å². The van der Waals surface area contributed by atoms with Gasteiger partial charge in [-0.3, -0.25) is 4.79 Å². The molecule has 1 heterocycles. The second-order valence-corrected chi connectivity index (χ2v) is 7.22. The number of alkyl halides is 3. The van der Waals surface area contributed by atoms with E-state index < -0.39 is 24.7 Å². The fourth-order valence-corrected chi connectivity index (χ4v) is 2.84. The van der Waals surface area contributed by atoms with Gasteiger partial charge in [-0.25, -0.2) is 0 Å². The molecule has 1 aromatic rings. The van der Waals surface area contributed by atoms with Crippen LogP contribution >= 0.6 is 0 Å². The van der Waals surface area contributed by atoms with Crippen LogP contribution in [0.3, 0.4) is 0 Å². The highest BCUT2D eigenvalue weighted by Crippen LogP contribution is 2.26. The van der Waals surface area contributed by atoms with Crippen molar-refractivity contribution in [3.63, 3.8) is 0 Å². The number of halogens is 3. The average Bonchev–Trinajstić information content (AvgIpc) is 2.51. The first-order valence-electron chi connectivity index (χ1n) is 8.14. The Morgan fingerprint density at radius 2 is 1.67 bits per heavy atom. The molecule has 0 bridgehead atoms. The Morgan fingerprint density at radius 3 is 2.12 bits per heavy atom. The van der Waals surface area contributed by atoms with Crippen LogP contribution in [0.4, 0.5) is 13.2 Å². The summed E-state index contributed by atoms with van der Waals surface area (Å²) in [5.74, 6) is -0.570. The SMILES string of the molecule is CC(C)(C)c1ccc(C(=O)N(CC(F)(F)F)C2CCOCC2)cc1. The highest BCUT2D eigenvalue weighted by atomic mass is 19.4. The maximum Gasteiger partial charge on any atom is 0.406 e. The van der Waals surface area contributed by atoms with Crippen molar-refractivity contribution < 1.29 is 22.7 Å². The van der Waals surface area contributed by atoms with Crippen LogP contribution in [0.15, 0.2) is 24.3 Å². The average molecular weight is 343 g/mol. The lowest BCUT2D eigenvalue weighted by atomic mass is 9.86. The number of carbonyl (C=O) groups is 1. The van der Waals surface area contributed by atoms with Gasteiger partial charge in [0.2, 0.25) is 0 Å². The molecule has 6 heteroatoms. The number of hydrogen-bond donors (Lipinski definition) is 0. The summed E-state index contributed by atoms with van der Waals surface area (Å²) in [6.45, 7) is 5.67. The van der Waals surface area contributed by atoms with Gasteiger partial charge in [0, 0.05) is 24.8 Å². The van der Waals surface area contributed by atoms with E-state index in [1.54, 1.807) is 12.1 Å². The van der Waals surface area contributed by atoms with Gasteiger partial charge >= 0.3 is 6.18 Å². The molecule has 1 fully saturated rings. The summed E-state index contributed by atoms with van der Waals surface area (Å²) in [6, 6.07) is 6.42. The summed E-state index contributed by atoms with van der Waals surface area (Å²) in [6.07, 6.45) is -3.55. The van der Waals surface area contributed by atoms with E-state index >= 15 is 0 Å². The van der Waals surface area contributed by atoms with Gasteiger partial charge in [0.25, 0.3) is 5.91 Å². The van der Waals surface area contributed by atoms with E-state index in [2.05, 4.69) is 0 Å². The van der Waals surface area contributed by atoms with Gasteiger partial charge in [-0.05, 0) is 36.0 Å². The Kier molecular flexibility index (Phi) is 5.58. The molecule has 2 rings (SSSR count). The van der Waals surface area contributed by atoms with E-state index in [0.29, 0.717) is 31.6 Å². The number of ether oxygens (including phenoxy) is 1. The van der Waals surface area contributed by atoms with Crippen molar-refractivity contribution in [2.45, 2.75) is 51.2 Å². The molecule has 0 N–H and O–H groups in total. The zero-order valence-electron chi connectivity index (χ0n) is 14.3. The molecule has 0 saturated carbocycles. The van der Waals surface area contributed by atoms with Gasteiger partial charge in [0.15, 0.2) is 0 Å². The first kappa shape index (κ1) is 18.8. The minimum atomic E-state index is -4.42. The van der Waals surface area contributed by atoms with E-state index in [4.69, 9.17) is 4.74 Å². The molecule has 0 spiro atoms. The van der Waals surface area contributed by atoms with Gasteiger partial charge in [0.05, 0.1) is 0 Å². The third-order valence-electron chi connectivity index (χ3n) is 4.24. The molecule has 1 saturated heterocycles. The lowest BCUT2D eigenvalue weighted by Crippen LogP contribution is -2.47. The number of hydrogen-bond acceptors (Lipinski definition) is 2. The van der Waals surface area contributed by atoms with Crippen LogP contribution in [0.5, 0.6) is 0 Å². The topological polar surface area (TPSA) is 29.5 Å². The Hall–Kier alpha value is -1.56. The van der Waals surface area contributed by atoms with E-state index in [0.717, 1.165) is 10.5 Å². The maximum absolute atomic E-state index is 12.9. The molecule has 24 heavy (non-hydrogen) atoms. The number of rotatable bonds is 3. The minimum Gasteiger partial charge on any atom is -0.381 e. The first-order chi connectivity index (χ1) is 11.1. The van der Waals surface area contributed by atoms with Crippen molar-refractivity contribution in [1.82, 2.24) is 4.90 Å². The fraction of sp³-hybridized carbons (Fsp3) is 0.611. The molecule has 1 aliphatic heterocycles. The molecule has 1 aliphatic rings. The summed E-state index contributed by atoms with van der Waals surface area (Å²) >= 11 is 0. The Morgan fingerprint density at radius 1 is 1.12 bits per heavy atom. The second kappa shape index (κ2) is 7.13. The molecular weight excluding hydrogens is 319 g/mol. The molecule has 134 valence electrons. The van der Waals surface area contributed by atoms with Crippen LogP contribution in [0.25, 0.3) is 0 Å². The van der Waals surface area contributed by atoms with E-state index in [9.17, 15) is 18.0 Å². The quantitative estimate of drug-likeness (QED) is 0.824. The normalized spacial score (nSPS) is 16.9. The number of amides is 1. The zero-order valence-corrected chi connectivity index (χ0v) is 14.3. The number of nitrogens with zero attached hydrogens (tertiary/aromatic N) is 1. The van der Waals surface area contributed by atoms with Crippen molar-refractivity contribution in [2.24, 2.45) is 0 Å². The molecule has 0 radical (unpaired) electrons. The van der Waals surface area contributed by atoms with Crippen molar-refractivity contribution >= 4 is 5.91 Å². The zero-order chi connectivity index (χ0) is 18.0. The molecule has 0 aliphatic carbocycles. The number of benzene rings is 1. The van der Waals surface area contributed by atoms with Crippen molar-refractivity contribution in [3.05, 3.63) is 35.4 Å². The Bertz CT molecular complexity index is 555. The monoisotopic (exact) mass is 343 g/mol. The van der Waals surface area contributed by atoms with E-state index in [1.807, 2.05) is 32.9 Å². The van der Waals surface area contributed by atoms with Crippen LogP contribution in [0.2, 0.25) is 0 Å². The predicted octanol–water partition coefficient (Wildman–Crippen LogP) is 4.17. The fourth-order valence-electron chi connectivity index (χ4n) is 2.84. The molecule has 0 atom stereocenters. The Labute approximate surface area is 140 Å². The second-order valence-electron chi connectivity index (χ2n) is 7.22. The van der Waals surface area contributed by atoms with E-state index in [1.165, 1.54) is 0 Å². The summed E-state index contributed by atoms with van der Waals surface area (Å²) in [5.41, 5.74) is 1.25. The number of carbonyl (C=O) groups excluding carboxylic acids is 1. The summed E-state index contributed by atoms with van der Waals surface area (Å²) < 4.78 is 44.0. The standard InChI is InChI=1S/C18H24F3NO2/c1-17(2,3)14-6-4-13(5-7-14)16(23)22(12-18(19,20)21)15-8-10-24-11-9-15/h4-7,15H,8-12H2,1-3H3. The van der Waals surface area contributed by atoms with Gasteiger partial charge in [-0.15, -0.1) is 0 Å². The molecular formula is C18H24F3NO2. The van der Waals surface area contributed by atoms with Crippen LogP contribution in [0, 0.1) is 0 Å². The largest absolute Gasteiger partial charge is 0.406 e. The molecule has 1 amide bonds. The molecule has 0 aromatic heterocycles. The van der Waals surface area contributed by atoms with E-state index in [-0.39, 0.29) is 5.41 Å². The molecule has 1 aromatic carbocycles. The summed E-state index contributed by atoms with van der Waals surface area (Å²) in [7, 11) is 0. The lowest BCUT2D eigenvalue weighted by Gasteiger charge is -2.35. The third-order valence-corrected chi connectivity index (χ3v) is 4.24. The third kappa shape index (κ3) is 4.97. The highest BCUT2D eigenvalue weighted by molar-refractivity contribution is 5.94.